The minimum atomic E-state index is -2.85. The zero-order chi connectivity index (χ0) is 14.8. The molecule has 1 unspecified atom stereocenters. The summed E-state index contributed by atoms with van der Waals surface area (Å²) in [6.07, 6.45) is 5.31. The molecule has 1 rings (SSSR count). The highest BCUT2D eigenvalue weighted by atomic mass is 32.2. The quantitative estimate of drug-likeness (QED) is 0.719. The van der Waals surface area contributed by atoms with Crippen molar-refractivity contribution in [2.45, 2.75) is 45.6 Å². The summed E-state index contributed by atoms with van der Waals surface area (Å²) >= 11 is 0. The molecule has 1 N–H and O–H groups in total. The van der Waals surface area contributed by atoms with Crippen molar-refractivity contribution in [1.82, 2.24) is 10.3 Å². The summed E-state index contributed by atoms with van der Waals surface area (Å²) < 4.78 is 23.0. The van der Waals surface area contributed by atoms with Gasteiger partial charge in [0.15, 0.2) is 0 Å². The molecule has 0 spiro atoms. The first-order valence-electron chi connectivity index (χ1n) is 7.41. The normalized spacial score (nSPS) is 13.3. The van der Waals surface area contributed by atoms with Gasteiger partial charge in [-0.05, 0) is 37.9 Å². The van der Waals surface area contributed by atoms with Crippen molar-refractivity contribution in [1.29, 1.82) is 0 Å². The van der Waals surface area contributed by atoms with Crippen LogP contribution in [-0.4, -0.2) is 37.5 Å². The van der Waals surface area contributed by atoms with Crippen molar-refractivity contribution < 1.29 is 8.42 Å². The number of aromatic nitrogens is 1. The monoisotopic (exact) mass is 298 g/mol. The predicted octanol–water partition coefficient (Wildman–Crippen LogP) is 2.21. The van der Waals surface area contributed by atoms with Crippen molar-refractivity contribution in [3.8, 4) is 0 Å². The van der Waals surface area contributed by atoms with Crippen LogP contribution in [0.3, 0.4) is 0 Å². The Morgan fingerprint density at radius 1 is 1.30 bits per heavy atom. The number of pyridine rings is 1. The fourth-order valence-corrected chi connectivity index (χ4v) is 2.99. The molecule has 1 aromatic rings. The Hall–Kier alpha value is -0.940. The van der Waals surface area contributed by atoms with Gasteiger partial charge in [0.05, 0.1) is 5.75 Å². The topological polar surface area (TPSA) is 59.1 Å². The van der Waals surface area contributed by atoms with Gasteiger partial charge in [0, 0.05) is 30.1 Å². The summed E-state index contributed by atoms with van der Waals surface area (Å²) in [6, 6.07) is 6.22. The third kappa shape index (κ3) is 7.01. The number of nitrogens with one attached hydrogen (secondary N) is 1. The van der Waals surface area contributed by atoms with Gasteiger partial charge in [-0.25, -0.2) is 8.42 Å². The molecule has 0 radical (unpaired) electrons. The molecule has 0 aliphatic heterocycles. The molecule has 0 saturated carbocycles. The summed E-state index contributed by atoms with van der Waals surface area (Å²) in [4.78, 5) is 4.34. The van der Waals surface area contributed by atoms with Gasteiger partial charge in [-0.2, -0.15) is 0 Å². The van der Waals surface area contributed by atoms with E-state index >= 15 is 0 Å². The van der Waals surface area contributed by atoms with Gasteiger partial charge in [0.1, 0.15) is 9.84 Å². The molecule has 0 aromatic carbocycles. The SMILES string of the molecule is CCCNC(CCCS(=O)(=O)CC)Cc1ccccn1. The van der Waals surface area contributed by atoms with E-state index in [1.165, 1.54) is 0 Å². The van der Waals surface area contributed by atoms with Crippen LogP contribution in [-0.2, 0) is 16.3 Å². The van der Waals surface area contributed by atoms with E-state index in [1.807, 2.05) is 18.2 Å². The van der Waals surface area contributed by atoms with Crippen molar-refractivity contribution >= 4 is 9.84 Å². The molecule has 0 fully saturated rings. The van der Waals surface area contributed by atoms with Gasteiger partial charge in [0.25, 0.3) is 0 Å². The van der Waals surface area contributed by atoms with Crippen LogP contribution in [0.4, 0.5) is 0 Å². The zero-order valence-corrected chi connectivity index (χ0v) is 13.3. The molecule has 114 valence electrons. The molecule has 1 aromatic heterocycles. The van der Waals surface area contributed by atoms with E-state index in [9.17, 15) is 8.42 Å². The number of rotatable bonds is 10. The third-order valence-corrected chi connectivity index (χ3v) is 5.10. The molecule has 0 bridgehead atoms. The Kier molecular flexibility index (Phi) is 7.77. The lowest BCUT2D eigenvalue weighted by atomic mass is 10.1. The van der Waals surface area contributed by atoms with E-state index in [4.69, 9.17) is 0 Å². The van der Waals surface area contributed by atoms with Crippen molar-refractivity contribution in [3.05, 3.63) is 30.1 Å². The lowest BCUT2D eigenvalue weighted by Gasteiger charge is -2.18. The first kappa shape index (κ1) is 17.1. The molecular formula is C15H26N2O2S. The smallest absolute Gasteiger partial charge is 0.150 e. The lowest BCUT2D eigenvalue weighted by molar-refractivity contribution is 0.468. The second-order valence-corrected chi connectivity index (χ2v) is 7.53. The molecule has 0 saturated heterocycles. The van der Waals surface area contributed by atoms with E-state index < -0.39 is 9.84 Å². The number of nitrogens with zero attached hydrogens (tertiary/aromatic N) is 1. The fraction of sp³-hybridized carbons (Fsp3) is 0.667. The maximum atomic E-state index is 11.5. The van der Waals surface area contributed by atoms with Gasteiger partial charge in [0.2, 0.25) is 0 Å². The maximum Gasteiger partial charge on any atom is 0.150 e. The largest absolute Gasteiger partial charge is 0.314 e. The van der Waals surface area contributed by atoms with Gasteiger partial charge < -0.3 is 5.32 Å². The van der Waals surface area contributed by atoms with Crippen LogP contribution in [0.2, 0.25) is 0 Å². The molecule has 4 nitrogen and oxygen atoms in total. The molecule has 20 heavy (non-hydrogen) atoms. The first-order valence-corrected chi connectivity index (χ1v) is 9.23. The highest BCUT2D eigenvalue weighted by Gasteiger charge is 2.12. The van der Waals surface area contributed by atoms with E-state index in [1.54, 1.807) is 13.1 Å². The molecule has 1 atom stereocenters. The number of sulfone groups is 1. The molecule has 1 heterocycles. The van der Waals surface area contributed by atoms with Crippen LogP contribution in [0.5, 0.6) is 0 Å². The molecular weight excluding hydrogens is 272 g/mol. The highest BCUT2D eigenvalue weighted by molar-refractivity contribution is 7.91. The minimum absolute atomic E-state index is 0.236. The zero-order valence-electron chi connectivity index (χ0n) is 12.5. The Balaban J connectivity index is 2.47. The summed E-state index contributed by atoms with van der Waals surface area (Å²) in [5, 5.41) is 3.49. The van der Waals surface area contributed by atoms with Crippen LogP contribution in [0.25, 0.3) is 0 Å². The van der Waals surface area contributed by atoms with Gasteiger partial charge in [-0.3, -0.25) is 4.98 Å². The highest BCUT2D eigenvalue weighted by Crippen LogP contribution is 2.07. The maximum absolute atomic E-state index is 11.5. The summed E-state index contributed by atoms with van der Waals surface area (Å²) in [5.41, 5.74) is 1.06. The van der Waals surface area contributed by atoms with Gasteiger partial charge in [-0.15, -0.1) is 0 Å². The summed E-state index contributed by atoms with van der Waals surface area (Å²) in [5.74, 6) is 0.524. The number of hydrogen-bond donors (Lipinski definition) is 1. The lowest BCUT2D eigenvalue weighted by Crippen LogP contribution is -2.32. The Morgan fingerprint density at radius 2 is 2.10 bits per heavy atom. The van der Waals surface area contributed by atoms with Crippen LogP contribution >= 0.6 is 0 Å². The fourth-order valence-electron chi connectivity index (χ4n) is 2.09. The second-order valence-electron chi connectivity index (χ2n) is 5.05. The predicted molar refractivity (Wildman–Crippen MR) is 83.6 cm³/mol. The number of hydrogen-bond acceptors (Lipinski definition) is 4. The Morgan fingerprint density at radius 3 is 2.70 bits per heavy atom. The average Bonchev–Trinajstić information content (AvgIpc) is 2.45. The van der Waals surface area contributed by atoms with E-state index in [2.05, 4.69) is 17.2 Å². The average molecular weight is 298 g/mol. The van der Waals surface area contributed by atoms with Crippen molar-refractivity contribution in [2.24, 2.45) is 0 Å². The molecule has 0 amide bonds. The molecule has 0 aliphatic rings. The van der Waals surface area contributed by atoms with Crippen LogP contribution in [0.15, 0.2) is 24.4 Å². The van der Waals surface area contributed by atoms with Gasteiger partial charge >= 0.3 is 0 Å². The first-order chi connectivity index (χ1) is 9.57. The van der Waals surface area contributed by atoms with E-state index in [0.717, 1.165) is 31.5 Å². The van der Waals surface area contributed by atoms with Gasteiger partial charge in [-0.1, -0.05) is 19.9 Å². The minimum Gasteiger partial charge on any atom is -0.314 e. The summed E-state index contributed by atoms with van der Waals surface area (Å²) in [6.45, 7) is 4.79. The Bertz CT molecular complexity index is 460. The standard InChI is InChI=1S/C15H26N2O2S/c1-3-10-16-15(9-7-12-20(18,19)4-2)13-14-8-5-6-11-17-14/h5-6,8,11,15-16H,3-4,7,9-10,12-13H2,1-2H3. The van der Waals surface area contributed by atoms with Crippen LogP contribution in [0.1, 0.15) is 38.8 Å². The van der Waals surface area contributed by atoms with E-state index in [-0.39, 0.29) is 11.5 Å². The van der Waals surface area contributed by atoms with Crippen LogP contribution in [0, 0.1) is 0 Å². The van der Waals surface area contributed by atoms with Crippen LogP contribution < -0.4 is 5.32 Å². The van der Waals surface area contributed by atoms with Crippen molar-refractivity contribution in [2.75, 3.05) is 18.1 Å². The summed E-state index contributed by atoms with van der Waals surface area (Å²) in [7, 11) is -2.85. The molecule has 0 aliphatic carbocycles. The van der Waals surface area contributed by atoms with Crippen molar-refractivity contribution in [3.63, 3.8) is 0 Å². The third-order valence-electron chi connectivity index (χ3n) is 3.31. The van der Waals surface area contributed by atoms with E-state index in [0.29, 0.717) is 12.5 Å². The molecule has 5 heteroatoms. The Labute approximate surface area is 122 Å². The second kappa shape index (κ2) is 9.08.